The van der Waals surface area contributed by atoms with Crippen LogP contribution in [0.5, 0.6) is 5.75 Å². The fourth-order valence-electron chi connectivity index (χ4n) is 6.59. The third kappa shape index (κ3) is 2.31. The van der Waals surface area contributed by atoms with E-state index in [2.05, 4.69) is 13.8 Å². The molecule has 2 N–H and O–H groups in total. The monoisotopic (exact) mass is 332 g/mol. The summed E-state index contributed by atoms with van der Waals surface area (Å²) in [5.41, 5.74) is 2.16. The Labute approximate surface area is 144 Å². The van der Waals surface area contributed by atoms with E-state index in [1.54, 1.807) is 6.07 Å². The van der Waals surface area contributed by atoms with Crippen LogP contribution in [0.4, 0.5) is 4.39 Å². The molecule has 0 amide bonds. The quantitative estimate of drug-likeness (QED) is 0.832. The Kier molecular flexibility index (Phi) is 3.91. The third-order valence-electron chi connectivity index (χ3n) is 7.26. The van der Waals surface area contributed by atoms with Crippen LogP contribution >= 0.6 is 0 Å². The normalized spacial score (nSPS) is 43.8. The maximum Gasteiger partial charge on any atom is 0.115 e. The highest BCUT2D eigenvalue weighted by Gasteiger charge is 2.60. The molecule has 1 aromatic carbocycles. The SMILES string of the molecule is CCC[C@@H]1[C@H]2[C@@H]3CCc4cc(O)ccc4[C@H]3[C@@H](F)C[C@]2(C)C[C@@H]1O. The summed E-state index contributed by atoms with van der Waals surface area (Å²) < 4.78 is 15.3. The number of fused-ring (bicyclic) bond motifs is 5. The molecule has 0 heterocycles. The van der Waals surface area contributed by atoms with E-state index >= 15 is 4.39 Å². The average Bonchev–Trinajstić information content (AvgIpc) is 2.77. The highest BCUT2D eigenvalue weighted by molar-refractivity contribution is 5.41. The van der Waals surface area contributed by atoms with Crippen molar-refractivity contribution in [1.29, 1.82) is 0 Å². The van der Waals surface area contributed by atoms with Crippen LogP contribution in [0, 0.1) is 23.2 Å². The fourth-order valence-corrected chi connectivity index (χ4v) is 6.59. The molecular formula is C21H29FO2. The molecule has 1 aromatic rings. The van der Waals surface area contributed by atoms with E-state index in [9.17, 15) is 10.2 Å². The topological polar surface area (TPSA) is 40.5 Å². The van der Waals surface area contributed by atoms with Gasteiger partial charge in [0.1, 0.15) is 11.9 Å². The van der Waals surface area contributed by atoms with Gasteiger partial charge in [-0.25, -0.2) is 4.39 Å². The van der Waals surface area contributed by atoms with E-state index in [1.807, 2.05) is 12.1 Å². The Bertz CT molecular complexity index is 630. The van der Waals surface area contributed by atoms with Gasteiger partial charge in [-0.2, -0.15) is 0 Å². The molecule has 3 aliphatic carbocycles. The second-order valence-electron chi connectivity index (χ2n) is 8.74. The summed E-state index contributed by atoms with van der Waals surface area (Å²) in [6, 6.07) is 5.46. The second-order valence-corrected chi connectivity index (χ2v) is 8.74. The fraction of sp³-hybridized carbons (Fsp3) is 0.714. The van der Waals surface area contributed by atoms with E-state index in [4.69, 9.17) is 0 Å². The minimum atomic E-state index is -0.840. The molecule has 0 radical (unpaired) electrons. The van der Waals surface area contributed by atoms with Crippen molar-refractivity contribution in [3.05, 3.63) is 29.3 Å². The summed E-state index contributed by atoms with van der Waals surface area (Å²) >= 11 is 0. The zero-order valence-corrected chi connectivity index (χ0v) is 14.7. The molecule has 24 heavy (non-hydrogen) atoms. The van der Waals surface area contributed by atoms with Crippen molar-refractivity contribution in [2.75, 3.05) is 0 Å². The highest BCUT2D eigenvalue weighted by atomic mass is 19.1. The standard InChI is InChI=1S/C21H29FO2/c1-3-4-15-18(24)11-21(2)10-17(22)19-14-8-6-13(23)9-12(14)5-7-16(19)20(15)21/h6,8-9,15-20,23-24H,3-5,7,10-11H2,1-2H3/t15-,16+,17-,18-,19+,20-,21+/m0/s1. The van der Waals surface area contributed by atoms with Gasteiger partial charge in [0.05, 0.1) is 6.10 Å². The zero-order chi connectivity index (χ0) is 17.1. The highest BCUT2D eigenvalue weighted by Crippen LogP contribution is 2.64. The Morgan fingerprint density at radius 2 is 2.08 bits per heavy atom. The number of aromatic hydroxyl groups is 1. The van der Waals surface area contributed by atoms with Gasteiger partial charge in [0, 0.05) is 5.92 Å². The van der Waals surface area contributed by atoms with Crippen LogP contribution in [0.2, 0.25) is 0 Å². The van der Waals surface area contributed by atoms with Crippen molar-refractivity contribution in [2.45, 2.75) is 70.6 Å². The lowest BCUT2D eigenvalue weighted by molar-refractivity contribution is -0.0193. The number of halogens is 1. The van der Waals surface area contributed by atoms with E-state index in [0.29, 0.717) is 24.2 Å². The van der Waals surface area contributed by atoms with Crippen LogP contribution in [0.15, 0.2) is 18.2 Å². The van der Waals surface area contributed by atoms with Gasteiger partial charge in [0.25, 0.3) is 0 Å². The van der Waals surface area contributed by atoms with E-state index < -0.39 is 6.17 Å². The van der Waals surface area contributed by atoms with Crippen molar-refractivity contribution in [2.24, 2.45) is 23.2 Å². The van der Waals surface area contributed by atoms with Crippen molar-refractivity contribution < 1.29 is 14.6 Å². The van der Waals surface area contributed by atoms with Crippen LogP contribution in [0.3, 0.4) is 0 Å². The number of phenols is 1. The first-order valence-corrected chi connectivity index (χ1v) is 9.58. The number of aryl methyl sites for hydroxylation is 1. The molecule has 3 aliphatic rings. The van der Waals surface area contributed by atoms with E-state index in [-0.39, 0.29) is 23.2 Å². The van der Waals surface area contributed by atoms with Gasteiger partial charge in [-0.05, 0) is 78.5 Å². The molecule has 4 rings (SSSR count). The molecule has 2 fully saturated rings. The van der Waals surface area contributed by atoms with Gasteiger partial charge in [-0.3, -0.25) is 0 Å². The minimum Gasteiger partial charge on any atom is -0.508 e. The Morgan fingerprint density at radius 3 is 2.83 bits per heavy atom. The second kappa shape index (κ2) is 5.72. The lowest BCUT2D eigenvalue weighted by atomic mass is 9.53. The number of rotatable bonds is 2. The predicted octanol–water partition coefficient (Wildman–Crippen LogP) is 4.58. The largest absolute Gasteiger partial charge is 0.508 e. The molecule has 2 nitrogen and oxygen atoms in total. The van der Waals surface area contributed by atoms with Crippen LogP contribution in [-0.2, 0) is 6.42 Å². The van der Waals surface area contributed by atoms with Crippen LogP contribution in [0.25, 0.3) is 0 Å². The van der Waals surface area contributed by atoms with Gasteiger partial charge >= 0.3 is 0 Å². The summed E-state index contributed by atoms with van der Waals surface area (Å²) in [5, 5.41) is 20.4. The average molecular weight is 332 g/mol. The number of benzene rings is 1. The molecular weight excluding hydrogens is 303 g/mol. The smallest absolute Gasteiger partial charge is 0.115 e. The maximum atomic E-state index is 15.3. The van der Waals surface area contributed by atoms with Crippen LogP contribution in [0.1, 0.15) is 63.0 Å². The summed E-state index contributed by atoms with van der Waals surface area (Å²) in [5.74, 6) is 1.29. The Balaban J connectivity index is 1.75. The van der Waals surface area contributed by atoms with Crippen molar-refractivity contribution in [3.8, 4) is 5.75 Å². The number of alkyl halides is 1. The molecule has 0 bridgehead atoms. The summed E-state index contributed by atoms with van der Waals surface area (Å²) in [6.07, 6.45) is 4.23. The molecule has 0 saturated heterocycles. The molecule has 3 heteroatoms. The first-order valence-electron chi connectivity index (χ1n) is 9.58. The summed E-state index contributed by atoms with van der Waals surface area (Å²) in [4.78, 5) is 0. The third-order valence-corrected chi connectivity index (χ3v) is 7.26. The van der Waals surface area contributed by atoms with Gasteiger partial charge in [-0.1, -0.05) is 26.3 Å². The molecule has 0 unspecified atom stereocenters. The minimum absolute atomic E-state index is 0.0583. The number of aliphatic hydroxyl groups is 1. The first-order chi connectivity index (χ1) is 11.4. The Morgan fingerprint density at radius 1 is 1.29 bits per heavy atom. The summed E-state index contributed by atoms with van der Waals surface area (Å²) in [6.45, 7) is 4.39. The number of hydrogen-bond donors (Lipinski definition) is 2. The van der Waals surface area contributed by atoms with Gasteiger partial charge in [0.15, 0.2) is 0 Å². The summed E-state index contributed by atoms with van der Waals surface area (Å²) in [7, 11) is 0. The molecule has 132 valence electrons. The van der Waals surface area contributed by atoms with Crippen LogP contribution < -0.4 is 0 Å². The zero-order valence-electron chi connectivity index (χ0n) is 14.7. The van der Waals surface area contributed by atoms with E-state index in [0.717, 1.165) is 43.2 Å². The lowest BCUT2D eigenvalue weighted by Crippen LogP contribution is -2.47. The van der Waals surface area contributed by atoms with Gasteiger partial charge < -0.3 is 10.2 Å². The van der Waals surface area contributed by atoms with Crippen LogP contribution in [-0.4, -0.2) is 22.5 Å². The Hall–Kier alpha value is -1.09. The molecule has 0 aromatic heterocycles. The first kappa shape index (κ1) is 16.4. The predicted molar refractivity (Wildman–Crippen MR) is 92.8 cm³/mol. The number of hydrogen-bond acceptors (Lipinski definition) is 2. The number of phenolic OH excluding ortho intramolecular Hbond substituents is 1. The molecule has 0 aliphatic heterocycles. The molecule has 7 atom stereocenters. The number of aliphatic hydroxyl groups excluding tert-OH is 1. The molecule has 2 saturated carbocycles. The van der Waals surface area contributed by atoms with Gasteiger partial charge in [-0.15, -0.1) is 0 Å². The van der Waals surface area contributed by atoms with E-state index in [1.165, 1.54) is 0 Å². The van der Waals surface area contributed by atoms with Gasteiger partial charge in [0.2, 0.25) is 0 Å². The van der Waals surface area contributed by atoms with Crippen molar-refractivity contribution in [1.82, 2.24) is 0 Å². The maximum absolute atomic E-state index is 15.3. The molecule has 0 spiro atoms. The van der Waals surface area contributed by atoms with Crippen molar-refractivity contribution >= 4 is 0 Å². The van der Waals surface area contributed by atoms with Crippen molar-refractivity contribution in [3.63, 3.8) is 0 Å². The lowest BCUT2D eigenvalue weighted by Gasteiger charge is -2.52.